The number of benzene rings is 1. The van der Waals surface area contributed by atoms with Gasteiger partial charge in [-0.3, -0.25) is 14.8 Å². The van der Waals surface area contributed by atoms with Gasteiger partial charge in [0.15, 0.2) is 6.61 Å². The molecule has 28 heavy (non-hydrogen) atoms. The highest BCUT2D eigenvalue weighted by Crippen LogP contribution is 2.18. The average molecular weight is 398 g/mol. The first-order valence-electron chi connectivity index (χ1n) is 8.30. The lowest BCUT2D eigenvalue weighted by Gasteiger charge is -2.09. The molecule has 0 aliphatic heterocycles. The van der Waals surface area contributed by atoms with E-state index in [-0.39, 0.29) is 18.0 Å². The second kappa shape index (κ2) is 8.59. The molecule has 144 valence electrons. The van der Waals surface area contributed by atoms with Crippen LogP contribution < -0.4 is 15.2 Å². The van der Waals surface area contributed by atoms with Crippen molar-refractivity contribution in [3.8, 4) is 17.0 Å². The van der Waals surface area contributed by atoms with Gasteiger partial charge in [-0.2, -0.15) is 0 Å². The second-order valence-corrected chi connectivity index (χ2v) is 7.60. The van der Waals surface area contributed by atoms with Crippen molar-refractivity contribution >= 4 is 15.9 Å². The summed E-state index contributed by atoms with van der Waals surface area (Å²) in [7, 11) is -3.71. The number of hydrogen-bond acceptors (Lipinski definition) is 6. The van der Waals surface area contributed by atoms with Gasteiger partial charge >= 0.3 is 0 Å². The molecular weight excluding hydrogens is 380 g/mol. The molecule has 0 atom stereocenters. The molecule has 3 rings (SSSR count). The maximum Gasteiger partial charge on any atom is 0.255 e. The summed E-state index contributed by atoms with van der Waals surface area (Å²) in [6.45, 7) is -0.158. The number of nitrogens with two attached hydrogens (primary N) is 1. The zero-order chi connectivity index (χ0) is 20.0. The molecule has 0 aliphatic rings. The fourth-order valence-corrected chi connectivity index (χ4v) is 3.41. The van der Waals surface area contributed by atoms with Crippen LogP contribution in [0.25, 0.3) is 11.3 Å². The summed E-state index contributed by atoms with van der Waals surface area (Å²) in [5, 5.41) is 0. The highest BCUT2D eigenvalue weighted by Gasteiger charge is 2.14. The molecule has 0 aliphatic carbocycles. The van der Waals surface area contributed by atoms with Gasteiger partial charge in [0.05, 0.1) is 10.6 Å². The Hall–Kier alpha value is -3.30. The van der Waals surface area contributed by atoms with Crippen molar-refractivity contribution in [3.63, 3.8) is 0 Å². The lowest BCUT2D eigenvalue weighted by Crippen LogP contribution is -2.23. The molecule has 0 saturated carbocycles. The molecule has 0 radical (unpaired) electrons. The quantitative estimate of drug-likeness (QED) is 0.592. The van der Waals surface area contributed by atoms with E-state index in [4.69, 9.17) is 10.5 Å². The van der Waals surface area contributed by atoms with Crippen LogP contribution in [0.1, 0.15) is 5.56 Å². The van der Waals surface area contributed by atoms with Crippen LogP contribution in [0.4, 0.5) is 0 Å². The van der Waals surface area contributed by atoms with E-state index >= 15 is 0 Å². The maximum absolute atomic E-state index is 12.5. The molecule has 0 fully saturated rings. The van der Waals surface area contributed by atoms with Crippen molar-refractivity contribution in [1.82, 2.24) is 14.7 Å². The summed E-state index contributed by atoms with van der Waals surface area (Å²) in [5.41, 5.74) is 7.40. The largest absolute Gasteiger partial charge is 0.484 e. The molecule has 2 heterocycles. The van der Waals surface area contributed by atoms with Crippen molar-refractivity contribution in [1.29, 1.82) is 0 Å². The summed E-state index contributed by atoms with van der Waals surface area (Å²) in [5.74, 6) is -0.254. The third-order valence-electron chi connectivity index (χ3n) is 3.78. The molecule has 0 unspecified atom stereocenters. The van der Waals surface area contributed by atoms with Crippen LogP contribution in [0.5, 0.6) is 5.75 Å². The first-order valence-corrected chi connectivity index (χ1v) is 9.78. The van der Waals surface area contributed by atoms with E-state index in [9.17, 15) is 13.2 Å². The van der Waals surface area contributed by atoms with Gasteiger partial charge in [0.1, 0.15) is 5.75 Å². The molecular formula is C19H18N4O4S. The highest BCUT2D eigenvalue weighted by atomic mass is 32.2. The molecule has 0 bridgehead atoms. The number of carbonyl (C=O) groups excluding carboxylic acids is 1. The number of rotatable bonds is 8. The first kappa shape index (κ1) is 19.5. The molecule has 9 heteroatoms. The number of amides is 1. The number of primary amides is 1. The minimum absolute atomic E-state index is 0.0855. The van der Waals surface area contributed by atoms with Gasteiger partial charge in [-0.1, -0.05) is 0 Å². The van der Waals surface area contributed by atoms with Crippen LogP contribution in [0, 0.1) is 0 Å². The topological polar surface area (TPSA) is 124 Å². The van der Waals surface area contributed by atoms with E-state index < -0.39 is 15.9 Å². The Morgan fingerprint density at radius 1 is 1.04 bits per heavy atom. The van der Waals surface area contributed by atoms with Gasteiger partial charge in [-0.15, -0.1) is 0 Å². The normalized spacial score (nSPS) is 11.1. The number of nitrogens with one attached hydrogen (secondary N) is 1. The Morgan fingerprint density at radius 2 is 1.75 bits per heavy atom. The maximum atomic E-state index is 12.5. The van der Waals surface area contributed by atoms with E-state index in [1.54, 1.807) is 24.7 Å². The molecule has 2 aromatic heterocycles. The van der Waals surface area contributed by atoms with Crippen LogP contribution in [-0.2, 0) is 21.4 Å². The van der Waals surface area contributed by atoms with Crippen molar-refractivity contribution in [3.05, 3.63) is 72.7 Å². The van der Waals surface area contributed by atoms with E-state index in [0.29, 0.717) is 5.75 Å². The van der Waals surface area contributed by atoms with E-state index in [0.717, 1.165) is 16.8 Å². The number of hydrogen-bond donors (Lipinski definition) is 2. The fraction of sp³-hybridized carbons (Fsp3) is 0.105. The van der Waals surface area contributed by atoms with Crippen LogP contribution in [0.15, 0.2) is 72.0 Å². The van der Waals surface area contributed by atoms with Crippen LogP contribution in [0.2, 0.25) is 0 Å². The zero-order valence-corrected chi connectivity index (χ0v) is 15.6. The molecule has 0 spiro atoms. The molecule has 8 nitrogen and oxygen atoms in total. The average Bonchev–Trinajstić information content (AvgIpc) is 2.72. The van der Waals surface area contributed by atoms with Crippen molar-refractivity contribution in [2.45, 2.75) is 11.4 Å². The van der Waals surface area contributed by atoms with E-state index in [2.05, 4.69) is 14.7 Å². The lowest BCUT2D eigenvalue weighted by molar-refractivity contribution is -0.119. The predicted octanol–water partition coefficient (Wildman–Crippen LogP) is 1.49. The summed E-state index contributed by atoms with van der Waals surface area (Å²) in [6.07, 6.45) is 4.97. The van der Waals surface area contributed by atoms with E-state index in [1.807, 2.05) is 18.2 Å². The number of carbonyl (C=O) groups is 1. The van der Waals surface area contributed by atoms with Gasteiger partial charge in [-0.25, -0.2) is 13.1 Å². The first-order chi connectivity index (χ1) is 13.4. The zero-order valence-electron chi connectivity index (χ0n) is 14.8. The highest BCUT2D eigenvalue weighted by molar-refractivity contribution is 7.89. The SMILES string of the molecule is NC(=O)COc1ccc(S(=O)(=O)NCc2ccnc(-c3ccncc3)c2)cc1. The van der Waals surface area contributed by atoms with Crippen molar-refractivity contribution in [2.24, 2.45) is 5.73 Å². The van der Waals surface area contributed by atoms with E-state index in [1.165, 1.54) is 24.3 Å². The summed E-state index contributed by atoms with van der Waals surface area (Å²) in [6, 6.07) is 12.9. The molecule has 3 N–H and O–H groups in total. The number of aromatic nitrogens is 2. The third kappa shape index (κ3) is 5.12. The number of nitrogens with zero attached hydrogens (tertiary/aromatic N) is 2. The lowest BCUT2D eigenvalue weighted by atomic mass is 10.1. The molecule has 1 amide bonds. The monoisotopic (exact) mass is 398 g/mol. The number of pyridine rings is 2. The third-order valence-corrected chi connectivity index (χ3v) is 5.20. The van der Waals surface area contributed by atoms with Crippen LogP contribution >= 0.6 is 0 Å². The Bertz CT molecular complexity index is 1050. The van der Waals surface area contributed by atoms with Crippen molar-refractivity contribution < 1.29 is 17.9 Å². The minimum atomic E-state index is -3.71. The van der Waals surface area contributed by atoms with Gasteiger partial charge in [-0.05, 0) is 54.1 Å². The van der Waals surface area contributed by atoms with Crippen LogP contribution in [-0.4, -0.2) is 30.9 Å². The number of sulfonamides is 1. The van der Waals surface area contributed by atoms with Gasteiger partial charge in [0.25, 0.3) is 5.91 Å². The molecule has 0 saturated heterocycles. The van der Waals surface area contributed by atoms with Crippen molar-refractivity contribution in [2.75, 3.05) is 6.61 Å². The fourth-order valence-electron chi connectivity index (χ4n) is 2.40. The second-order valence-electron chi connectivity index (χ2n) is 5.84. The standard InChI is InChI=1S/C19H18N4O4S/c20-19(24)13-27-16-1-3-17(4-2-16)28(25,26)23-12-14-5-10-22-18(11-14)15-6-8-21-9-7-15/h1-11,23H,12-13H2,(H2,20,24). The van der Waals surface area contributed by atoms with Gasteiger partial charge in [0.2, 0.25) is 10.0 Å². The summed E-state index contributed by atoms with van der Waals surface area (Å²) in [4.78, 5) is 19.1. The summed E-state index contributed by atoms with van der Waals surface area (Å²) < 4.78 is 32.7. The summed E-state index contributed by atoms with van der Waals surface area (Å²) >= 11 is 0. The minimum Gasteiger partial charge on any atom is -0.484 e. The molecule has 1 aromatic carbocycles. The smallest absolute Gasteiger partial charge is 0.255 e. The van der Waals surface area contributed by atoms with Gasteiger partial charge < -0.3 is 10.5 Å². The Kier molecular flexibility index (Phi) is 5.97. The number of ether oxygens (including phenoxy) is 1. The Balaban J connectivity index is 1.67. The molecule has 3 aromatic rings. The van der Waals surface area contributed by atoms with Gasteiger partial charge in [0, 0.05) is 30.7 Å². The predicted molar refractivity (Wildman–Crippen MR) is 103 cm³/mol. The Morgan fingerprint density at radius 3 is 2.43 bits per heavy atom. The van der Waals surface area contributed by atoms with Crippen LogP contribution in [0.3, 0.4) is 0 Å². The Labute approximate surface area is 162 Å².